The van der Waals surface area contributed by atoms with Gasteiger partial charge in [-0.3, -0.25) is 0 Å². The fourth-order valence-electron chi connectivity index (χ4n) is 0.730. The topological polar surface area (TPSA) is 53.3 Å². The minimum atomic E-state index is 0.320. The molecule has 0 aromatic rings. The van der Waals surface area contributed by atoms with E-state index in [2.05, 4.69) is 11.8 Å². The predicted octanol–water partition coefficient (Wildman–Crippen LogP) is 2.81. The summed E-state index contributed by atoms with van der Waals surface area (Å²) in [5.41, 5.74) is 1.19. The largest absolute Gasteiger partial charge is 0.305 e. The van der Waals surface area contributed by atoms with Crippen molar-refractivity contribution in [1.82, 2.24) is 0 Å². The van der Waals surface area contributed by atoms with E-state index in [1.54, 1.807) is 32.1 Å². The van der Waals surface area contributed by atoms with Gasteiger partial charge < -0.3 is 5.41 Å². The summed E-state index contributed by atoms with van der Waals surface area (Å²) in [6.07, 6.45) is 4.90. The summed E-state index contributed by atoms with van der Waals surface area (Å²) < 4.78 is 0. The fraction of sp³-hybridized carbons (Fsp3) is 0.222. The molecule has 0 bridgehead atoms. The average molecular weight is 164 g/mol. The molecule has 0 aliphatic rings. The summed E-state index contributed by atoms with van der Waals surface area (Å²) in [4.78, 5) is 10.1. The fourth-order valence-corrected chi connectivity index (χ4v) is 0.730. The molecule has 0 rings (SSSR count). The molecule has 0 fully saturated rings. The van der Waals surface area contributed by atoms with E-state index >= 15 is 0 Å². The van der Waals surface area contributed by atoms with Crippen molar-refractivity contribution in [2.75, 3.05) is 0 Å². The van der Waals surface area contributed by atoms with Gasteiger partial charge in [0.15, 0.2) is 0 Å². The van der Waals surface area contributed by atoms with Crippen molar-refractivity contribution in [3.05, 3.63) is 41.0 Å². The molecule has 0 spiro atoms. The number of hydrogen-bond donors (Lipinski definition) is 1. The van der Waals surface area contributed by atoms with Gasteiger partial charge in [-0.15, -0.1) is 4.91 Å². The van der Waals surface area contributed by atoms with Gasteiger partial charge >= 0.3 is 0 Å². The second-order valence-corrected chi connectivity index (χ2v) is 2.31. The first-order chi connectivity index (χ1) is 5.63. The second kappa shape index (κ2) is 5.18. The average Bonchev–Trinajstić information content (AvgIpc) is 2.04. The second-order valence-electron chi connectivity index (χ2n) is 2.31. The lowest BCUT2D eigenvalue weighted by Crippen LogP contribution is -1.94. The molecule has 1 N–H and O–H groups in total. The summed E-state index contributed by atoms with van der Waals surface area (Å²) in [5, 5.41) is 10.1. The first kappa shape index (κ1) is 10.5. The molecule has 0 radical (unpaired) electrons. The van der Waals surface area contributed by atoms with Gasteiger partial charge in [-0.1, -0.05) is 24.8 Å². The highest BCUT2D eigenvalue weighted by atomic mass is 16.3. The Morgan fingerprint density at radius 2 is 2.08 bits per heavy atom. The Balaban J connectivity index is 4.90. The van der Waals surface area contributed by atoms with Crippen molar-refractivity contribution < 1.29 is 0 Å². The third-order valence-corrected chi connectivity index (χ3v) is 1.33. The summed E-state index contributed by atoms with van der Waals surface area (Å²) in [7, 11) is 0. The zero-order valence-electron chi connectivity index (χ0n) is 7.29. The van der Waals surface area contributed by atoms with Crippen LogP contribution < -0.4 is 0 Å². The quantitative estimate of drug-likeness (QED) is 0.387. The molecular weight excluding hydrogens is 152 g/mol. The van der Waals surface area contributed by atoms with E-state index in [4.69, 9.17) is 5.41 Å². The standard InChI is InChI=1S/C9H12N2O/c1-4-5-6-9(7(2)10)8(3)11-12/h4-6,10H,1H2,2-3H3/b6-5-,9-8-,10-7?. The minimum Gasteiger partial charge on any atom is -0.305 e. The Hall–Kier alpha value is -1.51. The van der Waals surface area contributed by atoms with Crippen molar-refractivity contribution in [1.29, 1.82) is 5.41 Å². The van der Waals surface area contributed by atoms with Crippen LogP contribution in [-0.4, -0.2) is 5.71 Å². The molecule has 0 amide bonds. The molecule has 0 saturated heterocycles. The lowest BCUT2D eigenvalue weighted by Gasteiger charge is -1.98. The summed E-state index contributed by atoms with van der Waals surface area (Å²) in [6.45, 7) is 6.67. The Labute approximate surface area is 72.0 Å². The van der Waals surface area contributed by atoms with Crippen LogP contribution in [0.2, 0.25) is 0 Å². The third kappa shape index (κ3) is 3.05. The van der Waals surface area contributed by atoms with E-state index in [1.165, 1.54) is 0 Å². The molecule has 0 heterocycles. The van der Waals surface area contributed by atoms with Crippen LogP contribution in [0.4, 0.5) is 0 Å². The molecule has 3 nitrogen and oxygen atoms in total. The highest BCUT2D eigenvalue weighted by Crippen LogP contribution is 2.08. The minimum absolute atomic E-state index is 0.320. The molecular formula is C9H12N2O. The highest BCUT2D eigenvalue weighted by Gasteiger charge is 2.00. The van der Waals surface area contributed by atoms with Crippen LogP contribution in [0, 0.1) is 10.3 Å². The van der Waals surface area contributed by atoms with Crippen molar-refractivity contribution in [3.8, 4) is 0 Å². The van der Waals surface area contributed by atoms with E-state index in [1.807, 2.05) is 0 Å². The van der Waals surface area contributed by atoms with Gasteiger partial charge in [-0.2, -0.15) is 0 Å². The smallest absolute Gasteiger partial charge is 0.0908 e. The number of nitroso groups, excluding NO2 is 1. The number of nitrogens with one attached hydrogen (secondary N) is 1. The van der Waals surface area contributed by atoms with Crippen LogP contribution in [0.25, 0.3) is 0 Å². The van der Waals surface area contributed by atoms with E-state index in [0.29, 0.717) is 17.0 Å². The molecule has 12 heavy (non-hydrogen) atoms. The number of rotatable bonds is 4. The molecule has 0 aromatic heterocycles. The van der Waals surface area contributed by atoms with Crippen LogP contribution in [0.15, 0.2) is 41.3 Å². The molecule has 0 atom stereocenters. The zero-order valence-corrected chi connectivity index (χ0v) is 7.29. The Bertz CT molecular complexity index is 262. The lowest BCUT2D eigenvalue weighted by molar-refractivity contribution is 1.25. The molecule has 0 aliphatic heterocycles. The number of nitrogens with zero attached hydrogens (tertiary/aromatic N) is 1. The van der Waals surface area contributed by atoms with Gasteiger partial charge in [0.25, 0.3) is 0 Å². The van der Waals surface area contributed by atoms with Crippen LogP contribution >= 0.6 is 0 Å². The van der Waals surface area contributed by atoms with Gasteiger partial charge in [0.2, 0.25) is 0 Å². The maximum Gasteiger partial charge on any atom is 0.0908 e. The van der Waals surface area contributed by atoms with Crippen molar-refractivity contribution in [2.24, 2.45) is 5.18 Å². The first-order valence-corrected chi connectivity index (χ1v) is 3.52. The van der Waals surface area contributed by atoms with E-state index in [-0.39, 0.29) is 0 Å². The van der Waals surface area contributed by atoms with Gasteiger partial charge in [-0.05, 0) is 19.0 Å². The monoisotopic (exact) mass is 164 g/mol. The predicted molar refractivity (Wildman–Crippen MR) is 51.2 cm³/mol. The molecule has 64 valence electrons. The molecule has 0 aromatic carbocycles. The molecule has 3 heteroatoms. The Kier molecular flexibility index (Phi) is 4.53. The van der Waals surface area contributed by atoms with Crippen molar-refractivity contribution >= 4 is 5.71 Å². The van der Waals surface area contributed by atoms with Crippen LogP contribution in [0.3, 0.4) is 0 Å². The Morgan fingerprint density at radius 1 is 1.50 bits per heavy atom. The van der Waals surface area contributed by atoms with Crippen LogP contribution in [0.5, 0.6) is 0 Å². The lowest BCUT2D eigenvalue weighted by atomic mass is 10.1. The number of allylic oxidation sites excluding steroid dienone is 5. The summed E-state index contributed by atoms with van der Waals surface area (Å²) >= 11 is 0. The molecule has 0 aliphatic carbocycles. The molecule has 0 saturated carbocycles. The van der Waals surface area contributed by atoms with Gasteiger partial charge in [0.1, 0.15) is 0 Å². The van der Waals surface area contributed by atoms with Gasteiger partial charge in [0, 0.05) is 11.3 Å². The third-order valence-electron chi connectivity index (χ3n) is 1.33. The SMILES string of the molecule is C=C/C=C\C(C(C)=N)=C(/C)N=O. The number of hydrogen-bond acceptors (Lipinski definition) is 3. The maximum atomic E-state index is 10.1. The van der Waals surface area contributed by atoms with E-state index in [9.17, 15) is 4.91 Å². The van der Waals surface area contributed by atoms with Gasteiger partial charge in [0.05, 0.1) is 5.70 Å². The van der Waals surface area contributed by atoms with Crippen LogP contribution in [-0.2, 0) is 0 Å². The molecule has 0 unspecified atom stereocenters. The van der Waals surface area contributed by atoms with Crippen LogP contribution in [0.1, 0.15) is 13.8 Å². The van der Waals surface area contributed by atoms with E-state index < -0.39 is 0 Å². The Morgan fingerprint density at radius 3 is 2.42 bits per heavy atom. The van der Waals surface area contributed by atoms with E-state index in [0.717, 1.165) is 0 Å². The highest BCUT2D eigenvalue weighted by molar-refractivity contribution is 5.98. The zero-order chi connectivity index (χ0) is 9.56. The van der Waals surface area contributed by atoms with Gasteiger partial charge in [-0.25, -0.2) is 0 Å². The normalized spacial score (nSPS) is 12.5. The summed E-state index contributed by atoms with van der Waals surface area (Å²) in [6, 6.07) is 0. The summed E-state index contributed by atoms with van der Waals surface area (Å²) in [5.74, 6) is 0. The van der Waals surface area contributed by atoms with Crippen molar-refractivity contribution in [3.63, 3.8) is 0 Å². The van der Waals surface area contributed by atoms with Crippen molar-refractivity contribution in [2.45, 2.75) is 13.8 Å². The maximum absolute atomic E-state index is 10.1. The first-order valence-electron chi connectivity index (χ1n) is 3.52.